The van der Waals surface area contributed by atoms with Gasteiger partial charge in [0, 0.05) is 25.3 Å². The van der Waals surface area contributed by atoms with E-state index in [9.17, 15) is 57.5 Å². The van der Waals surface area contributed by atoms with Gasteiger partial charge in [0.05, 0.1) is 49.4 Å². The van der Waals surface area contributed by atoms with Gasteiger partial charge in [-0.2, -0.15) is 0 Å². The molecule has 0 saturated carbocycles. The number of rotatable bonds is 33. The van der Waals surface area contributed by atoms with Gasteiger partial charge in [-0.05, 0) is 63.8 Å². The van der Waals surface area contributed by atoms with Crippen LogP contribution in [-0.2, 0) is 62.2 Å². The molecule has 0 aliphatic heterocycles. The summed E-state index contributed by atoms with van der Waals surface area (Å²) in [5.74, 6) is -6.01. The quantitative estimate of drug-likeness (QED) is 0.0181. The fourth-order valence-electron chi connectivity index (χ4n) is 7.58. The number of nitrogens with one attached hydrogen (secondary N) is 8. The number of benzene rings is 2. The van der Waals surface area contributed by atoms with E-state index in [0.29, 0.717) is 31.4 Å². The maximum atomic E-state index is 14.6. The number of hydrogen-bond acceptors (Lipinski definition) is 19. The summed E-state index contributed by atoms with van der Waals surface area (Å²) in [7, 11) is 1.08. The van der Waals surface area contributed by atoms with Crippen molar-refractivity contribution in [3.8, 4) is 11.1 Å². The van der Waals surface area contributed by atoms with E-state index in [4.69, 9.17) is 9.47 Å². The van der Waals surface area contributed by atoms with E-state index in [0.717, 1.165) is 34.3 Å². The third kappa shape index (κ3) is 17.0. The van der Waals surface area contributed by atoms with Gasteiger partial charge in [0.1, 0.15) is 50.2 Å². The van der Waals surface area contributed by atoms with Crippen LogP contribution in [0.5, 0.6) is 0 Å². The highest BCUT2D eigenvalue weighted by Crippen LogP contribution is 2.44. The summed E-state index contributed by atoms with van der Waals surface area (Å²) < 4.78 is 10.4. The third-order valence-electron chi connectivity index (χ3n) is 11.3. The monoisotopic (exact) mass is 1000 g/mol. The first-order valence-corrected chi connectivity index (χ1v) is 23.1. The smallest absolute Gasteiger partial charge is 0.408 e. The van der Waals surface area contributed by atoms with Crippen molar-refractivity contribution in [1.29, 1.82) is 0 Å². The zero-order valence-electron chi connectivity index (χ0n) is 41.2. The van der Waals surface area contributed by atoms with Crippen LogP contribution < -0.4 is 42.5 Å². The Balaban J connectivity index is 1.92. The molecule has 11 atom stereocenters. The zero-order chi connectivity index (χ0) is 53.7. The molecule has 0 bridgehead atoms. The Morgan fingerprint density at radius 2 is 1.07 bits per heavy atom. The molecule has 23 nitrogen and oxygen atoms in total. The summed E-state index contributed by atoms with van der Waals surface area (Å²) in [4.78, 5) is 156. The fraction of sp³-hybridized carbons (Fsp3) is 0.469. The molecular formula is C49H65N9O14. The predicted molar refractivity (Wildman–Crippen MR) is 259 cm³/mol. The summed E-state index contributed by atoms with van der Waals surface area (Å²) in [5, 5.41) is 20.6. The molecule has 0 fully saturated rings. The molecule has 23 heteroatoms. The summed E-state index contributed by atoms with van der Waals surface area (Å²) in [6.45, 7) is 11.3. The average molecular weight is 1000 g/mol. The van der Waals surface area contributed by atoms with Crippen LogP contribution in [0.4, 0.5) is 4.79 Å². The van der Waals surface area contributed by atoms with Gasteiger partial charge in [-0.1, -0.05) is 54.6 Å². The van der Waals surface area contributed by atoms with Gasteiger partial charge in [-0.15, -0.1) is 6.58 Å². The van der Waals surface area contributed by atoms with E-state index in [1.165, 1.54) is 47.6 Å². The summed E-state index contributed by atoms with van der Waals surface area (Å²) in [6, 6.07) is 5.90. The average Bonchev–Trinajstić information content (AvgIpc) is 3.70. The molecule has 390 valence electrons. The van der Waals surface area contributed by atoms with E-state index >= 15 is 0 Å². The Bertz CT molecular complexity index is 2250. The maximum Gasteiger partial charge on any atom is 0.408 e. The zero-order valence-corrected chi connectivity index (χ0v) is 41.2. The standard InChI is InChI=1S/C49H65N9O14/c1-9-18-58(47(68)43(53-30(5)24-62)57-49(70)72-26-37-35-16-12-10-14-33(35)34-15-11-13-17-36(34)37)44(54-31(6)25-63)46(67)56-42(52-29(4)23-61)41(65)19-38(50-27(2)21-59)45(66)55-32(7)40(64)20-39(48(69)71-8)51-28(3)22-60/h9-17,21-25,27-32,37-39,42-44,50-54H,1,18-20,26H2,2-8H3,(H,55,66)(H,56,67)(H,57,70)/t27-,28-,29-,30-,31-,32-,38+,39+,42+,43+,44+/m0/s1. The molecule has 0 unspecified atom stereocenters. The Labute approximate surface area is 417 Å². The van der Waals surface area contributed by atoms with Gasteiger partial charge in [0.15, 0.2) is 23.9 Å². The number of carbonyl (C=O) groups is 12. The maximum absolute atomic E-state index is 14.6. The number of nitrogens with zero attached hydrogens (tertiary/aromatic N) is 1. The second-order valence-corrected chi connectivity index (χ2v) is 17.2. The third-order valence-corrected chi connectivity index (χ3v) is 11.3. The second-order valence-electron chi connectivity index (χ2n) is 17.2. The molecule has 0 aromatic heterocycles. The van der Waals surface area contributed by atoms with Crippen molar-refractivity contribution in [2.24, 2.45) is 0 Å². The molecule has 0 spiro atoms. The molecule has 2 aromatic carbocycles. The number of ether oxygens (including phenoxy) is 2. The molecule has 8 N–H and O–H groups in total. The minimum Gasteiger partial charge on any atom is -0.468 e. The first-order valence-electron chi connectivity index (χ1n) is 23.1. The molecule has 1 aliphatic carbocycles. The normalized spacial score (nSPS) is 16.3. The Hall–Kier alpha value is -7.18. The van der Waals surface area contributed by atoms with Gasteiger partial charge in [-0.25, -0.2) is 4.79 Å². The predicted octanol–water partition coefficient (Wildman–Crippen LogP) is -1.15. The molecule has 0 saturated heterocycles. The van der Waals surface area contributed by atoms with Gasteiger partial charge < -0.3 is 49.0 Å². The van der Waals surface area contributed by atoms with Crippen LogP contribution in [0.1, 0.15) is 71.4 Å². The van der Waals surface area contributed by atoms with Gasteiger partial charge >= 0.3 is 12.1 Å². The van der Waals surface area contributed by atoms with Crippen molar-refractivity contribution < 1.29 is 67.0 Å². The number of carbonyl (C=O) groups excluding carboxylic acids is 12. The van der Waals surface area contributed by atoms with E-state index < -0.39 is 128 Å². The van der Waals surface area contributed by atoms with Crippen LogP contribution in [0.2, 0.25) is 0 Å². The lowest BCUT2D eigenvalue weighted by atomic mass is 9.98. The molecule has 72 heavy (non-hydrogen) atoms. The molecule has 0 radical (unpaired) electrons. The highest BCUT2D eigenvalue weighted by Gasteiger charge is 2.39. The van der Waals surface area contributed by atoms with Crippen molar-refractivity contribution in [1.82, 2.24) is 47.4 Å². The fourth-order valence-corrected chi connectivity index (χ4v) is 7.58. The highest BCUT2D eigenvalue weighted by molar-refractivity contribution is 5.98. The largest absolute Gasteiger partial charge is 0.468 e. The summed E-state index contributed by atoms with van der Waals surface area (Å²) in [5.41, 5.74) is 3.76. The number of methoxy groups -OCH3 is 1. The van der Waals surface area contributed by atoms with E-state index in [-0.39, 0.29) is 12.5 Å². The first-order chi connectivity index (χ1) is 34.3. The lowest BCUT2D eigenvalue weighted by molar-refractivity contribution is -0.145. The Morgan fingerprint density at radius 1 is 0.597 bits per heavy atom. The molecular weight excluding hydrogens is 939 g/mol. The van der Waals surface area contributed by atoms with Crippen molar-refractivity contribution in [3.05, 3.63) is 72.3 Å². The first kappa shape index (κ1) is 59.1. The number of Topliss-reactive ketones (excluding diaryl/α,β-unsaturated/α-hetero) is 2. The van der Waals surface area contributed by atoms with E-state index in [2.05, 4.69) is 49.1 Å². The number of fused-ring (bicyclic) bond motifs is 3. The molecule has 1 aliphatic rings. The Kier molecular flexibility index (Phi) is 24.0. The van der Waals surface area contributed by atoms with E-state index in [1.54, 1.807) is 0 Å². The number of hydrogen-bond donors (Lipinski definition) is 8. The summed E-state index contributed by atoms with van der Waals surface area (Å²) >= 11 is 0. The summed E-state index contributed by atoms with van der Waals surface area (Å²) in [6.07, 6.45) is -4.37. The minimum absolute atomic E-state index is 0.146. The van der Waals surface area contributed by atoms with E-state index in [1.807, 2.05) is 48.5 Å². The van der Waals surface area contributed by atoms with Gasteiger partial charge in [0.25, 0.3) is 11.8 Å². The molecule has 3 rings (SSSR count). The van der Waals surface area contributed by atoms with Crippen LogP contribution >= 0.6 is 0 Å². The number of amides is 4. The van der Waals surface area contributed by atoms with Crippen LogP contribution in [0.15, 0.2) is 61.2 Å². The lowest BCUT2D eigenvalue weighted by Gasteiger charge is -2.36. The lowest BCUT2D eigenvalue weighted by Crippen LogP contribution is -2.67. The van der Waals surface area contributed by atoms with Gasteiger partial charge in [0.2, 0.25) is 5.91 Å². The van der Waals surface area contributed by atoms with Crippen molar-refractivity contribution in [3.63, 3.8) is 0 Å². The van der Waals surface area contributed by atoms with Crippen LogP contribution in [0.3, 0.4) is 0 Å². The number of aldehydes is 5. The van der Waals surface area contributed by atoms with Crippen molar-refractivity contribution in [2.75, 3.05) is 20.3 Å². The SMILES string of the molecule is C=CCN(C(=O)[C@@H](NC(=O)OCC1c2ccccc2-c2ccccc21)N[C@@H](C)C=O)[C@@H](N[C@@H](C)C=O)C(=O)N[C@@H](N[C@@H](C)C=O)C(=O)C[C@@H](N[C@@H](C)C=O)C(=O)N[C@@H](C)C(=O)C[C@@H](N[C@@H](C)C=O)C(=O)OC. The van der Waals surface area contributed by atoms with Crippen LogP contribution in [-0.4, -0.2) is 165 Å². The van der Waals surface area contributed by atoms with Crippen molar-refractivity contribution in [2.45, 2.75) is 127 Å². The molecule has 4 amide bonds. The molecule has 0 heterocycles. The van der Waals surface area contributed by atoms with Gasteiger partial charge in [-0.3, -0.25) is 60.7 Å². The molecule has 2 aromatic rings. The Morgan fingerprint density at radius 3 is 1.58 bits per heavy atom. The van der Waals surface area contributed by atoms with Crippen molar-refractivity contribution >= 4 is 72.8 Å². The minimum atomic E-state index is -1.85. The van der Waals surface area contributed by atoms with Crippen LogP contribution in [0, 0.1) is 0 Å². The second kappa shape index (κ2) is 29.2. The number of alkyl carbamates (subject to hydrolysis) is 1. The number of esters is 1. The number of ketones is 2. The topological polar surface area (TPSA) is 323 Å². The highest BCUT2D eigenvalue weighted by atomic mass is 16.5. The van der Waals surface area contributed by atoms with Crippen LogP contribution in [0.25, 0.3) is 11.1 Å².